The molecular weight excluding hydrogens is 259 g/mol. The van der Waals surface area contributed by atoms with E-state index in [0.717, 1.165) is 35.4 Å². The van der Waals surface area contributed by atoms with E-state index in [1.54, 1.807) is 0 Å². The van der Waals surface area contributed by atoms with Crippen LogP contribution in [0.2, 0.25) is 0 Å². The molecule has 0 saturated heterocycles. The number of hydrogen-bond donors (Lipinski definition) is 0. The van der Waals surface area contributed by atoms with Crippen LogP contribution < -0.4 is 0 Å². The Morgan fingerprint density at radius 3 is 2.40 bits per heavy atom. The Kier molecular flexibility index (Phi) is 6.55. The molecule has 0 atom stereocenters. The zero-order chi connectivity index (χ0) is 10.7. The van der Waals surface area contributed by atoms with E-state index in [4.69, 9.17) is 0 Å². The van der Waals surface area contributed by atoms with Crippen molar-refractivity contribution >= 4 is 5.57 Å². The maximum atomic E-state index is 4.58. The molecule has 2 heteroatoms. The SMILES string of the molecule is C=C(CC)c1nc(C)c(C)[c-]c1CC.[Y]. The number of aromatic nitrogens is 1. The van der Waals surface area contributed by atoms with E-state index in [0.29, 0.717) is 0 Å². The molecule has 0 amide bonds. The van der Waals surface area contributed by atoms with Crippen molar-refractivity contribution in [1.29, 1.82) is 0 Å². The second-order valence-corrected chi connectivity index (χ2v) is 3.59. The summed E-state index contributed by atoms with van der Waals surface area (Å²) >= 11 is 0. The standard InChI is InChI=1S/C13H18N.Y/c1-6-9(3)13-12(7-2)8-10(4)11(5)14-13;/h3,6-7H2,1-2,4-5H3;/q-1;. The van der Waals surface area contributed by atoms with Crippen LogP contribution in [0.15, 0.2) is 6.58 Å². The number of aryl methyl sites for hydroxylation is 3. The summed E-state index contributed by atoms with van der Waals surface area (Å²) in [6.07, 6.45) is 1.93. The van der Waals surface area contributed by atoms with Crippen LogP contribution in [0.5, 0.6) is 0 Å². The van der Waals surface area contributed by atoms with Gasteiger partial charge in [-0.2, -0.15) is 6.07 Å². The Bertz CT molecular complexity index is 356. The molecule has 79 valence electrons. The van der Waals surface area contributed by atoms with Gasteiger partial charge < -0.3 is 4.98 Å². The summed E-state index contributed by atoms with van der Waals surface area (Å²) in [6.45, 7) is 12.4. The fourth-order valence-electron chi connectivity index (χ4n) is 1.41. The first-order valence-corrected chi connectivity index (χ1v) is 5.17. The Hall–Kier alpha value is -0.00610. The minimum absolute atomic E-state index is 0. The Morgan fingerprint density at radius 2 is 1.93 bits per heavy atom. The quantitative estimate of drug-likeness (QED) is 0.771. The summed E-state index contributed by atoms with van der Waals surface area (Å²) in [5, 5.41) is 0. The Balaban J connectivity index is 0.00000196. The van der Waals surface area contributed by atoms with Gasteiger partial charge >= 0.3 is 0 Å². The predicted molar refractivity (Wildman–Crippen MR) is 61.3 cm³/mol. The summed E-state index contributed by atoms with van der Waals surface area (Å²) < 4.78 is 0. The molecular formula is C13H18NY-. The third-order valence-electron chi connectivity index (χ3n) is 2.56. The molecule has 1 radical (unpaired) electrons. The van der Waals surface area contributed by atoms with E-state index in [1.807, 2.05) is 6.92 Å². The van der Waals surface area contributed by atoms with Gasteiger partial charge in [0, 0.05) is 32.7 Å². The Labute approximate surface area is 118 Å². The second kappa shape index (κ2) is 6.55. The zero-order valence-electron chi connectivity index (χ0n) is 10.1. The van der Waals surface area contributed by atoms with Crippen molar-refractivity contribution in [2.24, 2.45) is 0 Å². The van der Waals surface area contributed by atoms with Crippen molar-refractivity contribution in [2.75, 3.05) is 0 Å². The third-order valence-corrected chi connectivity index (χ3v) is 2.56. The molecule has 0 aromatic carbocycles. The molecule has 0 aliphatic rings. The van der Waals surface area contributed by atoms with Gasteiger partial charge in [-0.3, -0.25) is 0 Å². The summed E-state index contributed by atoms with van der Waals surface area (Å²) in [5.41, 5.74) is 5.57. The van der Waals surface area contributed by atoms with E-state index in [2.05, 4.69) is 38.4 Å². The molecule has 0 spiro atoms. The van der Waals surface area contributed by atoms with Crippen molar-refractivity contribution in [3.8, 4) is 0 Å². The molecule has 1 aromatic heterocycles. The van der Waals surface area contributed by atoms with Crippen molar-refractivity contribution < 1.29 is 32.7 Å². The number of pyridine rings is 1. The van der Waals surface area contributed by atoms with Gasteiger partial charge in [0.25, 0.3) is 0 Å². The zero-order valence-corrected chi connectivity index (χ0v) is 13.0. The first-order chi connectivity index (χ1) is 6.60. The summed E-state index contributed by atoms with van der Waals surface area (Å²) in [5.74, 6) is 0. The minimum atomic E-state index is 0. The van der Waals surface area contributed by atoms with Gasteiger partial charge in [-0.05, 0) is 12.1 Å². The maximum absolute atomic E-state index is 4.58. The van der Waals surface area contributed by atoms with Crippen LogP contribution in [0.25, 0.3) is 5.57 Å². The molecule has 1 aromatic rings. The van der Waals surface area contributed by atoms with E-state index < -0.39 is 0 Å². The van der Waals surface area contributed by atoms with E-state index in [9.17, 15) is 0 Å². The van der Waals surface area contributed by atoms with Gasteiger partial charge in [0.2, 0.25) is 0 Å². The molecule has 0 fully saturated rings. The fourth-order valence-corrected chi connectivity index (χ4v) is 1.41. The van der Waals surface area contributed by atoms with Crippen molar-refractivity contribution in [3.05, 3.63) is 35.2 Å². The van der Waals surface area contributed by atoms with Gasteiger partial charge in [-0.25, -0.2) is 0 Å². The van der Waals surface area contributed by atoms with Gasteiger partial charge in [-0.1, -0.05) is 45.4 Å². The number of rotatable bonds is 3. The van der Waals surface area contributed by atoms with Crippen LogP contribution in [0, 0.1) is 19.9 Å². The molecule has 0 saturated carbocycles. The smallest absolute Gasteiger partial charge is 0 e. The maximum Gasteiger partial charge on any atom is 0 e. The first-order valence-electron chi connectivity index (χ1n) is 5.17. The fraction of sp³-hybridized carbons (Fsp3) is 0.462. The average molecular weight is 277 g/mol. The van der Waals surface area contributed by atoms with Gasteiger partial charge in [0.05, 0.1) is 0 Å². The summed E-state index contributed by atoms with van der Waals surface area (Å²) in [4.78, 5) is 4.58. The second-order valence-electron chi connectivity index (χ2n) is 3.59. The molecule has 0 bridgehead atoms. The molecule has 1 heterocycles. The van der Waals surface area contributed by atoms with Crippen molar-refractivity contribution in [3.63, 3.8) is 0 Å². The van der Waals surface area contributed by atoms with Crippen molar-refractivity contribution in [1.82, 2.24) is 4.98 Å². The minimum Gasteiger partial charge on any atom is -0.380 e. The number of nitrogens with zero attached hydrogens (tertiary/aromatic N) is 1. The molecule has 0 N–H and O–H groups in total. The van der Waals surface area contributed by atoms with Gasteiger partial charge in [0.1, 0.15) is 0 Å². The van der Waals surface area contributed by atoms with E-state index >= 15 is 0 Å². The van der Waals surface area contributed by atoms with Crippen LogP contribution >= 0.6 is 0 Å². The van der Waals surface area contributed by atoms with Crippen LogP contribution in [0.1, 0.15) is 42.8 Å². The normalized spacial score (nSPS) is 9.60. The van der Waals surface area contributed by atoms with Crippen molar-refractivity contribution in [2.45, 2.75) is 40.5 Å². The third kappa shape index (κ3) is 3.50. The topological polar surface area (TPSA) is 12.9 Å². The molecule has 1 nitrogen and oxygen atoms in total. The van der Waals surface area contributed by atoms with Crippen LogP contribution in [-0.2, 0) is 39.1 Å². The Morgan fingerprint density at radius 1 is 1.33 bits per heavy atom. The molecule has 0 aliphatic heterocycles. The molecule has 15 heavy (non-hydrogen) atoms. The number of hydrogen-bond acceptors (Lipinski definition) is 1. The van der Waals surface area contributed by atoms with Crippen LogP contribution in [0.3, 0.4) is 0 Å². The number of allylic oxidation sites excluding steroid dienone is 1. The first kappa shape index (κ1) is 15.0. The average Bonchev–Trinajstić information content (AvgIpc) is 2.20. The van der Waals surface area contributed by atoms with E-state index in [-0.39, 0.29) is 32.7 Å². The van der Waals surface area contributed by atoms with Crippen LogP contribution in [0.4, 0.5) is 0 Å². The van der Waals surface area contributed by atoms with Crippen LogP contribution in [-0.4, -0.2) is 4.98 Å². The molecule has 1 rings (SSSR count). The largest absolute Gasteiger partial charge is 0.380 e. The monoisotopic (exact) mass is 277 g/mol. The van der Waals surface area contributed by atoms with Gasteiger partial charge in [0.15, 0.2) is 0 Å². The van der Waals surface area contributed by atoms with Gasteiger partial charge in [-0.15, -0.1) is 17.7 Å². The molecule has 0 aliphatic carbocycles. The molecule has 0 unspecified atom stereocenters. The van der Waals surface area contributed by atoms with E-state index in [1.165, 1.54) is 5.56 Å². The predicted octanol–water partition coefficient (Wildman–Crippen LogP) is 3.48. The summed E-state index contributed by atoms with van der Waals surface area (Å²) in [6, 6.07) is 3.39. The summed E-state index contributed by atoms with van der Waals surface area (Å²) in [7, 11) is 0.